The standard InChI is InChI=1S/C22H18O4/c1-13-6-5-7-15(10-13)12-19-17(11-14(2)23)20-21(25-19)16-8-3-4-9-18(16)26-22(20)24/h3-10,12,17H,11H2,1-2H3/b19-12-/t17-/m1/s1. The Kier molecular flexibility index (Phi) is 3.96. The maximum absolute atomic E-state index is 12.6. The van der Waals surface area contributed by atoms with E-state index in [1.165, 1.54) is 6.92 Å². The fraction of sp³-hybridized carbons (Fsp3) is 0.182. The lowest BCUT2D eigenvalue weighted by Crippen LogP contribution is -2.12. The van der Waals surface area contributed by atoms with Gasteiger partial charge in [-0.1, -0.05) is 42.0 Å². The van der Waals surface area contributed by atoms with Gasteiger partial charge < -0.3 is 9.15 Å². The fourth-order valence-electron chi connectivity index (χ4n) is 3.42. The molecule has 4 rings (SSSR count). The largest absolute Gasteiger partial charge is 0.460 e. The molecule has 26 heavy (non-hydrogen) atoms. The molecule has 2 aromatic carbocycles. The summed E-state index contributed by atoms with van der Waals surface area (Å²) >= 11 is 0. The number of ketones is 1. The zero-order valence-corrected chi connectivity index (χ0v) is 14.6. The van der Waals surface area contributed by atoms with E-state index >= 15 is 0 Å². The number of allylic oxidation sites excluding steroid dienone is 1. The summed E-state index contributed by atoms with van der Waals surface area (Å²) in [6, 6.07) is 15.3. The third-order valence-electron chi connectivity index (χ3n) is 4.55. The number of hydrogen-bond donors (Lipinski definition) is 0. The molecule has 4 nitrogen and oxygen atoms in total. The molecule has 0 saturated heterocycles. The van der Waals surface area contributed by atoms with Crippen LogP contribution in [0.4, 0.5) is 0 Å². The first-order valence-electron chi connectivity index (χ1n) is 8.54. The van der Waals surface area contributed by atoms with Gasteiger partial charge in [-0.3, -0.25) is 4.79 Å². The van der Waals surface area contributed by atoms with Crippen molar-refractivity contribution in [3.05, 3.63) is 81.4 Å². The number of Topliss-reactive ketones (excluding diaryl/α,β-unsaturated/α-hetero) is 1. The third kappa shape index (κ3) is 2.84. The highest BCUT2D eigenvalue weighted by Crippen LogP contribution is 2.45. The van der Waals surface area contributed by atoms with Crippen LogP contribution in [0.3, 0.4) is 0 Å². The maximum atomic E-state index is 12.6. The second kappa shape index (κ2) is 6.30. The summed E-state index contributed by atoms with van der Waals surface area (Å²) in [7, 11) is 0. The van der Waals surface area contributed by atoms with Crippen molar-refractivity contribution >= 4 is 22.8 Å². The van der Waals surface area contributed by atoms with E-state index in [2.05, 4.69) is 0 Å². The Hall–Kier alpha value is -3.14. The Morgan fingerprint density at radius 2 is 1.96 bits per heavy atom. The highest BCUT2D eigenvalue weighted by molar-refractivity contribution is 5.87. The minimum atomic E-state index is -0.447. The molecule has 1 aliphatic rings. The van der Waals surface area contributed by atoms with E-state index in [9.17, 15) is 9.59 Å². The molecule has 0 N–H and O–H groups in total. The number of aryl methyl sites for hydroxylation is 1. The summed E-state index contributed by atoms with van der Waals surface area (Å²) in [5, 5.41) is 0.739. The number of hydrogen-bond acceptors (Lipinski definition) is 4. The van der Waals surface area contributed by atoms with E-state index in [1.807, 2.05) is 55.5 Å². The van der Waals surface area contributed by atoms with Crippen molar-refractivity contribution in [2.75, 3.05) is 0 Å². The fourth-order valence-corrected chi connectivity index (χ4v) is 3.42. The normalized spacial score (nSPS) is 17.3. The van der Waals surface area contributed by atoms with Crippen molar-refractivity contribution in [3.8, 4) is 5.75 Å². The summed E-state index contributed by atoms with van der Waals surface area (Å²) in [4.78, 5) is 24.4. The van der Waals surface area contributed by atoms with Gasteiger partial charge in [0.25, 0.3) is 0 Å². The topological polar surface area (TPSA) is 56.5 Å². The Bertz CT molecular complexity index is 1100. The lowest BCUT2D eigenvalue weighted by atomic mass is 9.93. The van der Waals surface area contributed by atoms with Crippen LogP contribution in [0.2, 0.25) is 0 Å². The number of carbonyl (C=O) groups is 1. The summed E-state index contributed by atoms with van der Waals surface area (Å²) in [5.41, 5.74) is 2.56. The van der Waals surface area contributed by atoms with Crippen LogP contribution < -0.4 is 10.4 Å². The monoisotopic (exact) mass is 346 g/mol. The van der Waals surface area contributed by atoms with Gasteiger partial charge in [-0.05, 0) is 37.6 Å². The van der Waals surface area contributed by atoms with Gasteiger partial charge in [-0.2, -0.15) is 0 Å². The second-order valence-electron chi connectivity index (χ2n) is 6.65. The predicted molar refractivity (Wildman–Crippen MR) is 100 cm³/mol. The number of para-hydroxylation sites is 1. The van der Waals surface area contributed by atoms with Crippen molar-refractivity contribution in [2.24, 2.45) is 0 Å². The average Bonchev–Trinajstić information content (AvgIpc) is 2.93. The number of fused-ring (bicyclic) bond motifs is 3. The number of benzene rings is 2. The van der Waals surface area contributed by atoms with Crippen molar-refractivity contribution in [1.29, 1.82) is 0 Å². The van der Waals surface area contributed by atoms with Crippen LogP contribution in [-0.2, 0) is 4.79 Å². The minimum Gasteiger partial charge on any atom is -0.460 e. The van der Waals surface area contributed by atoms with E-state index < -0.39 is 11.5 Å². The van der Waals surface area contributed by atoms with E-state index in [1.54, 1.807) is 6.07 Å². The van der Waals surface area contributed by atoms with Gasteiger partial charge in [0.2, 0.25) is 0 Å². The molecule has 0 amide bonds. The molecule has 130 valence electrons. The van der Waals surface area contributed by atoms with Crippen LogP contribution in [0.25, 0.3) is 17.0 Å². The first kappa shape index (κ1) is 16.3. The van der Waals surface area contributed by atoms with Crippen LogP contribution in [0.15, 0.2) is 63.5 Å². The molecule has 2 heterocycles. The highest BCUT2D eigenvalue weighted by atomic mass is 16.5. The number of ether oxygens (including phenoxy) is 1. The quantitative estimate of drug-likeness (QED) is 0.651. The van der Waals surface area contributed by atoms with Crippen LogP contribution in [-0.4, -0.2) is 5.78 Å². The molecule has 1 atom stereocenters. The van der Waals surface area contributed by atoms with Gasteiger partial charge in [0.05, 0.1) is 16.9 Å². The molecule has 0 fully saturated rings. The van der Waals surface area contributed by atoms with E-state index in [-0.39, 0.29) is 12.2 Å². The zero-order valence-electron chi connectivity index (χ0n) is 14.6. The van der Waals surface area contributed by atoms with E-state index in [0.29, 0.717) is 22.7 Å². The number of carbonyl (C=O) groups excluding carboxylic acids is 1. The molecule has 3 aromatic rings. The van der Waals surface area contributed by atoms with Crippen LogP contribution in [0.1, 0.15) is 36.0 Å². The molecule has 0 aliphatic carbocycles. The van der Waals surface area contributed by atoms with Crippen molar-refractivity contribution < 1.29 is 13.9 Å². The highest BCUT2D eigenvalue weighted by Gasteiger charge is 2.36. The summed E-state index contributed by atoms with van der Waals surface area (Å²) in [6.07, 6.45) is 2.10. The van der Waals surface area contributed by atoms with Gasteiger partial charge in [0.15, 0.2) is 0 Å². The first-order chi connectivity index (χ1) is 12.5. The lowest BCUT2D eigenvalue weighted by molar-refractivity contribution is -0.117. The van der Waals surface area contributed by atoms with Crippen molar-refractivity contribution in [2.45, 2.75) is 26.2 Å². The summed E-state index contributed by atoms with van der Waals surface area (Å²) in [5.74, 6) is 0.671. The molecule has 4 heteroatoms. The van der Waals surface area contributed by atoms with E-state index in [0.717, 1.165) is 16.5 Å². The minimum absolute atomic E-state index is 0.00542. The van der Waals surface area contributed by atoms with Crippen LogP contribution in [0, 0.1) is 6.92 Å². The second-order valence-corrected chi connectivity index (χ2v) is 6.65. The Balaban J connectivity index is 1.91. The van der Waals surface area contributed by atoms with Gasteiger partial charge in [-0.15, -0.1) is 0 Å². The van der Waals surface area contributed by atoms with Gasteiger partial charge in [0, 0.05) is 6.42 Å². The molecule has 1 aromatic heterocycles. The third-order valence-corrected chi connectivity index (χ3v) is 4.55. The van der Waals surface area contributed by atoms with Gasteiger partial charge >= 0.3 is 5.63 Å². The van der Waals surface area contributed by atoms with Crippen LogP contribution >= 0.6 is 0 Å². The van der Waals surface area contributed by atoms with E-state index in [4.69, 9.17) is 9.15 Å². The summed E-state index contributed by atoms with van der Waals surface area (Å²) < 4.78 is 11.6. The SMILES string of the molecule is CC(=O)C[C@@H]1/C(=C/c2cccc(C)c2)Oc2c1c(=O)oc1ccccc21. The molecule has 0 spiro atoms. The number of rotatable bonds is 3. The molecule has 0 radical (unpaired) electrons. The molecular formula is C22H18O4. The van der Waals surface area contributed by atoms with Gasteiger partial charge in [0.1, 0.15) is 22.9 Å². The van der Waals surface area contributed by atoms with Crippen LogP contribution in [0.5, 0.6) is 5.75 Å². The predicted octanol–water partition coefficient (Wildman–Crippen LogP) is 4.60. The molecule has 0 unspecified atom stereocenters. The lowest BCUT2D eigenvalue weighted by Gasteiger charge is -2.08. The molecule has 0 bridgehead atoms. The summed E-state index contributed by atoms with van der Waals surface area (Å²) in [6.45, 7) is 3.53. The molecule has 1 aliphatic heterocycles. The smallest absolute Gasteiger partial charge is 0.344 e. The zero-order chi connectivity index (χ0) is 18.3. The van der Waals surface area contributed by atoms with Crippen molar-refractivity contribution in [3.63, 3.8) is 0 Å². The van der Waals surface area contributed by atoms with Crippen molar-refractivity contribution in [1.82, 2.24) is 0 Å². The Morgan fingerprint density at radius 1 is 1.15 bits per heavy atom. The Labute approximate surface area is 150 Å². The molecule has 0 saturated carbocycles. The molecular weight excluding hydrogens is 328 g/mol. The Morgan fingerprint density at radius 3 is 2.73 bits per heavy atom. The average molecular weight is 346 g/mol. The van der Waals surface area contributed by atoms with Gasteiger partial charge in [-0.25, -0.2) is 4.79 Å². The first-order valence-corrected chi connectivity index (χ1v) is 8.54. The maximum Gasteiger partial charge on any atom is 0.344 e.